The van der Waals surface area contributed by atoms with Gasteiger partial charge < -0.3 is 10.1 Å². The molecule has 1 aromatic heterocycles. The van der Waals surface area contributed by atoms with E-state index in [2.05, 4.69) is 10.3 Å². The number of carbonyl (C=O) groups excluding carboxylic acids is 4. The average Bonchev–Trinajstić information content (AvgIpc) is 2.92. The van der Waals surface area contributed by atoms with Crippen LogP contribution >= 0.6 is 11.6 Å². The van der Waals surface area contributed by atoms with E-state index in [4.69, 9.17) is 16.3 Å². The molecule has 0 radical (unpaired) electrons. The molecule has 2 heterocycles. The summed E-state index contributed by atoms with van der Waals surface area (Å²) >= 11 is 5.73. The normalized spacial score (nSPS) is 22.6. The number of anilines is 1. The van der Waals surface area contributed by atoms with Gasteiger partial charge in [0, 0.05) is 12.7 Å². The Morgan fingerprint density at radius 3 is 2.46 bits per heavy atom. The van der Waals surface area contributed by atoms with Crippen LogP contribution in [0, 0.1) is 11.8 Å². The number of nitrogens with one attached hydrogen (secondary N) is 1. The molecule has 1 N–H and O–H groups in total. The molecular formula is C19H22ClN3O5. The fourth-order valence-corrected chi connectivity index (χ4v) is 3.75. The molecule has 9 heteroatoms. The Morgan fingerprint density at radius 1 is 1.25 bits per heavy atom. The first-order chi connectivity index (χ1) is 13.4. The van der Waals surface area contributed by atoms with Gasteiger partial charge in [-0.3, -0.25) is 24.1 Å². The van der Waals surface area contributed by atoms with Crippen molar-refractivity contribution in [1.82, 2.24) is 9.88 Å². The van der Waals surface area contributed by atoms with Crippen LogP contribution in [-0.4, -0.2) is 46.2 Å². The third-order valence-corrected chi connectivity index (χ3v) is 5.35. The maximum atomic E-state index is 12.4. The first kappa shape index (κ1) is 20.3. The van der Waals surface area contributed by atoms with Crippen LogP contribution in [0.1, 0.15) is 39.0 Å². The zero-order chi connectivity index (χ0) is 20.3. The van der Waals surface area contributed by atoms with Gasteiger partial charge in [0.25, 0.3) is 5.91 Å². The van der Waals surface area contributed by atoms with E-state index >= 15 is 0 Å². The highest BCUT2D eigenvalue weighted by molar-refractivity contribution is 6.30. The van der Waals surface area contributed by atoms with Crippen LogP contribution in [-0.2, 0) is 23.9 Å². The molecule has 3 rings (SSSR count). The van der Waals surface area contributed by atoms with Crippen molar-refractivity contribution >= 4 is 41.1 Å². The second-order valence-corrected chi connectivity index (χ2v) is 7.49. The van der Waals surface area contributed by atoms with Gasteiger partial charge >= 0.3 is 5.97 Å². The number of pyridine rings is 1. The highest BCUT2D eigenvalue weighted by Gasteiger charge is 2.47. The number of hydrogen-bond donors (Lipinski definition) is 1. The van der Waals surface area contributed by atoms with Crippen LogP contribution in [0.3, 0.4) is 0 Å². The van der Waals surface area contributed by atoms with Crippen LogP contribution < -0.4 is 5.32 Å². The Hall–Kier alpha value is -2.48. The Labute approximate surface area is 167 Å². The summed E-state index contributed by atoms with van der Waals surface area (Å²) in [6.45, 7) is 1.42. The lowest BCUT2D eigenvalue weighted by Crippen LogP contribution is -2.35. The first-order valence-electron chi connectivity index (χ1n) is 9.34. The topological polar surface area (TPSA) is 106 Å². The number of fused-ring (bicyclic) bond motifs is 1. The van der Waals surface area contributed by atoms with Gasteiger partial charge in [0.05, 0.1) is 23.3 Å². The Kier molecular flexibility index (Phi) is 6.28. The van der Waals surface area contributed by atoms with Crippen molar-refractivity contribution in [3.8, 4) is 0 Å². The summed E-state index contributed by atoms with van der Waals surface area (Å²) in [4.78, 5) is 54.0. The molecule has 2 aliphatic rings. The van der Waals surface area contributed by atoms with Crippen molar-refractivity contribution < 1.29 is 23.9 Å². The average molecular weight is 408 g/mol. The number of ether oxygens (including phenoxy) is 1. The molecule has 1 saturated heterocycles. The maximum Gasteiger partial charge on any atom is 0.308 e. The number of amides is 3. The minimum absolute atomic E-state index is 0.0173. The zero-order valence-corrected chi connectivity index (χ0v) is 16.3. The molecule has 2 fully saturated rings. The number of hydrogen-bond acceptors (Lipinski definition) is 6. The van der Waals surface area contributed by atoms with E-state index in [-0.39, 0.29) is 42.4 Å². The van der Waals surface area contributed by atoms with Crippen molar-refractivity contribution in [2.45, 2.75) is 45.1 Å². The minimum atomic E-state index is -1.04. The van der Waals surface area contributed by atoms with Crippen LogP contribution in [0.15, 0.2) is 18.3 Å². The number of aromatic nitrogens is 1. The van der Waals surface area contributed by atoms with E-state index in [1.165, 1.54) is 24.1 Å². The molecule has 28 heavy (non-hydrogen) atoms. The summed E-state index contributed by atoms with van der Waals surface area (Å²) in [7, 11) is 0. The summed E-state index contributed by atoms with van der Waals surface area (Å²) in [5.41, 5.74) is 0. The largest absolute Gasteiger partial charge is 0.452 e. The minimum Gasteiger partial charge on any atom is -0.452 e. The molecule has 1 saturated carbocycles. The number of halogens is 1. The van der Waals surface area contributed by atoms with E-state index in [9.17, 15) is 19.2 Å². The van der Waals surface area contributed by atoms with Gasteiger partial charge in [0.2, 0.25) is 11.8 Å². The van der Waals surface area contributed by atoms with Crippen LogP contribution in [0.5, 0.6) is 0 Å². The molecular weight excluding hydrogens is 386 g/mol. The third kappa shape index (κ3) is 4.49. The molecule has 3 amide bonds. The summed E-state index contributed by atoms with van der Waals surface area (Å²) in [5.74, 6) is -1.77. The molecule has 1 aliphatic heterocycles. The first-order valence-corrected chi connectivity index (χ1v) is 9.71. The highest BCUT2D eigenvalue weighted by Crippen LogP contribution is 2.37. The quantitative estimate of drug-likeness (QED) is 0.572. The lowest BCUT2D eigenvalue weighted by molar-refractivity contribution is -0.154. The maximum absolute atomic E-state index is 12.4. The van der Waals surface area contributed by atoms with Crippen LogP contribution in [0.2, 0.25) is 5.02 Å². The van der Waals surface area contributed by atoms with Gasteiger partial charge in [-0.25, -0.2) is 4.98 Å². The number of rotatable bonds is 6. The Balaban J connectivity index is 1.47. The van der Waals surface area contributed by atoms with E-state index in [0.29, 0.717) is 5.02 Å². The predicted octanol–water partition coefficient (Wildman–Crippen LogP) is 2.17. The van der Waals surface area contributed by atoms with Crippen molar-refractivity contribution in [2.24, 2.45) is 11.8 Å². The molecule has 0 unspecified atom stereocenters. The van der Waals surface area contributed by atoms with Crippen LogP contribution in [0.4, 0.5) is 5.82 Å². The fraction of sp³-hybridized carbons (Fsp3) is 0.526. The fourth-order valence-electron chi connectivity index (χ4n) is 3.64. The molecule has 0 spiro atoms. The van der Waals surface area contributed by atoms with E-state index in [0.717, 1.165) is 25.7 Å². The molecule has 1 aliphatic carbocycles. The highest BCUT2D eigenvalue weighted by atomic mass is 35.5. The number of imide groups is 1. The third-order valence-electron chi connectivity index (χ3n) is 5.13. The van der Waals surface area contributed by atoms with Crippen molar-refractivity contribution in [3.63, 3.8) is 0 Å². The number of carbonyl (C=O) groups is 4. The summed E-state index contributed by atoms with van der Waals surface area (Å²) < 4.78 is 5.10. The molecule has 3 atom stereocenters. The molecule has 0 bridgehead atoms. The van der Waals surface area contributed by atoms with Gasteiger partial charge in [-0.15, -0.1) is 0 Å². The van der Waals surface area contributed by atoms with Crippen molar-refractivity contribution in [2.75, 3.05) is 11.9 Å². The lowest BCUT2D eigenvalue weighted by Gasteiger charge is -2.19. The van der Waals surface area contributed by atoms with E-state index < -0.39 is 18.0 Å². The standard InChI is InChI=1S/C19H22ClN3O5/c1-11(17(25)22-15-7-6-12(20)10-21-15)28-16(24)8-9-23-18(26)13-4-2-3-5-14(13)19(23)27/h6-7,10-11,13-14H,2-5,8-9H2,1H3,(H,21,22,25)/t11-,13-,14+/m0/s1. The molecule has 8 nitrogen and oxygen atoms in total. The van der Waals surface area contributed by atoms with Gasteiger partial charge in [0.1, 0.15) is 5.82 Å². The van der Waals surface area contributed by atoms with E-state index in [1.54, 1.807) is 6.07 Å². The summed E-state index contributed by atoms with van der Waals surface area (Å²) in [6.07, 6.45) is 3.55. The summed E-state index contributed by atoms with van der Waals surface area (Å²) in [5, 5.41) is 2.95. The Morgan fingerprint density at radius 2 is 1.89 bits per heavy atom. The second-order valence-electron chi connectivity index (χ2n) is 7.06. The molecule has 1 aromatic rings. The van der Waals surface area contributed by atoms with Crippen molar-refractivity contribution in [3.05, 3.63) is 23.4 Å². The monoisotopic (exact) mass is 407 g/mol. The summed E-state index contributed by atoms with van der Waals surface area (Å²) in [6, 6.07) is 3.10. The number of nitrogens with zero attached hydrogens (tertiary/aromatic N) is 2. The predicted molar refractivity (Wildman–Crippen MR) is 100 cm³/mol. The molecule has 0 aromatic carbocycles. The Bertz CT molecular complexity index is 758. The lowest BCUT2D eigenvalue weighted by atomic mass is 9.81. The molecule has 150 valence electrons. The zero-order valence-electron chi connectivity index (χ0n) is 15.5. The van der Waals surface area contributed by atoms with Gasteiger partial charge in [0.15, 0.2) is 6.10 Å². The smallest absolute Gasteiger partial charge is 0.308 e. The number of esters is 1. The van der Waals surface area contributed by atoms with Crippen LogP contribution in [0.25, 0.3) is 0 Å². The van der Waals surface area contributed by atoms with Gasteiger partial charge in [-0.1, -0.05) is 24.4 Å². The number of likely N-dealkylation sites (tertiary alicyclic amines) is 1. The SMILES string of the molecule is C[C@H](OC(=O)CCN1C(=O)[C@H]2CCCC[C@H]2C1=O)C(=O)Nc1ccc(Cl)cn1. The second kappa shape index (κ2) is 8.68. The van der Waals surface area contributed by atoms with E-state index in [1.807, 2.05) is 0 Å². The van der Waals surface area contributed by atoms with Crippen molar-refractivity contribution in [1.29, 1.82) is 0 Å². The van der Waals surface area contributed by atoms with Gasteiger partial charge in [-0.2, -0.15) is 0 Å². The van der Waals surface area contributed by atoms with Gasteiger partial charge in [-0.05, 0) is 31.9 Å².